The van der Waals surface area contributed by atoms with Crippen molar-refractivity contribution in [1.82, 2.24) is 19.9 Å². The minimum Gasteiger partial charge on any atom is -0.366 e. The molecule has 5 N–H and O–H groups in total. The maximum atomic E-state index is 12.5. The Hall–Kier alpha value is -3.68. The van der Waals surface area contributed by atoms with Gasteiger partial charge < -0.3 is 20.7 Å². The summed E-state index contributed by atoms with van der Waals surface area (Å²) in [6, 6.07) is 6.45. The van der Waals surface area contributed by atoms with Gasteiger partial charge in [0, 0.05) is 16.7 Å². The third-order valence-corrected chi connectivity index (χ3v) is 4.17. The molecule has 8 nitrogen and oxygen atoms in total. The van der Waals surface area contributed by atoms with Gasteiger partial charge in [-0.3, -0.25) is 14.4 Å². The van der Waals surface area contributed by atoms with Crippen LogP contribution in [0.25, 0.3) is 12.2 Å². The van der Waals surface area contributed by atoms with Crippen molar-refractivity contribution < 1.29 is 4.79 Å². The Bertz CT molecular complexity index is 1270. The zero-order valence-electron chi connectivity index (χ0n) is 15.8. The summed E-state index contributed by atoms with van der Waals surface area (Å²) in [5.41, 5.74) is 6.45. The quantitative estimate of drug-likeness (QED) is 0.502. The van der Waals surface area contributed by atoms with E-state index in [0.29, 0.717) is 16.8 Å². The molecule has 0 radical (unpaired) electrons. The highest BCUT2D eigenvalue weighted by Gasteiger charge is 2.19. The van der Waals surface area contributed by atoms with Gasteiger partial charge in [-0.1, -0.05) is 32.9 Å². The molecule has 0 saturated heterocycles. The molecule has 1 amide bonds. The minimum absolute atomic E-state index is 0.0712. The van der Waals surface area contributed by atoms with Gasteiger partial charge in [0.2, 0.25) is 5.91 Å². The summed E-state index contributed by atoms with van der Waals surface area (Å²) in [5, 5.41) is 0.174. The molecule has 0 saturated carbocycles. The van der Waals surface area contributed by atoms with E-state index in [0.717, 1.165) is 5.69 Å². The molecule has 28 heavy (non-hydrogen) atoms. The standard InChI is InChI=1S/C20H21N5O3/c1-20(2,3)16-13(22-10-23-16)9-15-19(28)24-14(18(27)25-15)8-11-5-4-6-12(7-11)17(21)26/h4-10H,1-3H3,(H2,21,26)(H,22,23)(H,24,28)(H,25,27). The molecule has 0 unspecified atom stereocenters. The smallest absolute Gasteiger partial charge is 0.272 e. The van der Waals surface area contributed by atoms with Gasteiger partial charge in [-0.15, -0.1) is 0 Å². The fourth-order valence-electron chi connectivity index (χ4n) is 2.80. The largest absolute Gasteiger partial charge is 0.366 e. The molecular weight excluding hydrogens is 358 g/mol. The summed E-state index contributed by atoms with van der Waals surface area (Å²) in [4.78, 5) is 48.6. The number of aromatic nitrogens is 4. The Morgan fingerprint density at radius 1 is 1.07 bits per heavy atom. The van der Waals surface area contributed by atoms with Crippen molar-refractivity contribution in [3.8, 4) is 0 Å². The van der Waals surface area contributed by atoms with E-state index in [-0.39, 0.29) is 16.1 Å². The average Bonchev–Trinajstić information content (AvgIpc) is 3.08. The van der Waals surface area contributed by atoms with Crippen molar-refractivity contribution in [2.75, 3.05) is 0 Å². The van der Waals surface area contributed by atoms with E-state index in [9.17, 15) is 14.4 Å². The minimum atomic E-state index is -0.573. The molecule has 3 aromatic rings. The van der Waals surface area contributed by atoms with Crippen LogP contribution in [0.15, 0.2) is 40.2 Å². The number of H-pyrrole nitrogens is 3. The molecule has 8 heteroatoms. The first-order chi connectivity index (χ1) is 13.1. The van der Waals surface area contributed by atoms with Crippen LogP contribution in [0.5, 0.6) is 0 Å². The summed E-state index contributed by atoms with van der Waals surface area (Å²) >= 11 is 0. The maximum Gasteiger partial charge on any atom is 0.272 e. The van der Waals surface area contributed by atoms with Gasteiger partial charge in [0.05, 0.1) is 12.0 Å². The molecule has 2 heterocycles. The molecule has 3 rings (SSSR count). The Morgan fingerprint density at radius 2 is 1.71 bits per heavy atom. The fourth-order valence-corrected chi connectivity index (χ4v) is 2.80. The fraction of sp³-hybridized carbons (Fsp3) is 0.200. The lowest BCUT2D eigenvalue weighted by molar-refractivity contribution is 0.1000. The molecule has 1 aromatic carbocycles. The lowest BCUT2D eigenvalue weighted by Crippen LogP contribution is -2.46. The van der Waals surface area contributed by atoms with E-state index in [1.165, 1.54) is 12.2 Å². The first-order valence-corrected chi connectivity index (χ1v) is 8.65. The summed E-state index contributed by atoms with van der Waals surface area (Å²) < 4.78 is 0. The van der Waals surface area contributed by atoms with Crippen molar-refractivity contribution in [2.24, 2.45) is 5.73 Å². The topological polar surface area (TPSA) is 137 Å². The van der Waals surface area contributed by atoms with Crippen LogP contribution in [-0.4, -0.2) is 25.8 Å². The number of rotatable bonds is 3. The molecule has 0 fully saturated rings. The van der Waals surface area contributed by atoms with Crippen molar-refractivity contribution in [3.63, 3.8) is 0 Å². The van der Waals surface area contributed by atoms with Crippen LogP contribution in [0.1, 0.15) is 48.1 Å². The number of carbonyl (C=O) groups excluding carboxylic acids is 1. The molecule has 0 spiro atoms. The average molecular weight is 379 g/mol. The molecule has 2 aromatic heterocycles. The van der Waals surface area contributed by atoms with Gasteiger partial charge in [0.25, 0.3) is 11.1 Å². The van der Waals surface area contributed by atoms with E-state index in [1.54, 1.807) is 30.6 Å². The third-order valence-electron chi connectivity index (χ3n) is 4.17. The summed E-state index contributed by atoms with van der Waals surface area (Å²) in [6.07, 6.45) is 4.56. The highest BCUT2D eigenvalue weighted by Crippen LogP contribution is 2.22. The van der Waals surface area contributed by atoms with Crippen LogP contribution in [0.3, 0.4) is 0 Å². The number of imidazole rings is 1. The zero-order chi connectivity index (χ0) is 20.5. The number of hydrogen-bond acceptors (Lipinski definition) is 4. The predicted molar refractivity (Wildman–Crippen MR) is 106 cm³/mol. The lowest BCUT2D eigenvalue weighted by atomic mass is 9.90. The van der Waals surface area contributed by atoms with Gasteiger partial charge in [-0.05, 0) is 29.8 Å². The van der Waals surface area contributed by atoms with Crippen LogP contribution < -0.4 is 27.6 Å². The highest BCUT2D eigenvalue weighted by atomic mass is 16.1. The second-order valence-electron chi connectivity index (χ2n) is 7.43. The summed E-state index contributed by atoms with van der Waals surface area (Å²) in [7, 11) is 0. The molecule has 0 atom stereocenters. The molecule has 0 aliphatic carbocycles. The zero-order valence-corrected chi connectivity index (χ0v) is 15.8. The Kier molecular flexibility index (Phi) is 4.87. The summed E-state index contributed by atoms with van der Waals surface area (Å²) in [6.45, 7) is 6.05. The van der Waals surface area contributed by atoms with Crippen molar-refractivity contribution in [2.45, 2.75) is 26.2 Å². The number of nitrogens with two attached hydrogens (primary N) is 1. The van der Waals surface area contributed by atoms with Gasteiger partial charge >= 0.3 is 0 Å². The number of primary amides is 1. The number of benzene rings is 1. The van der Waals surface area contributed by atoms with Crippen molar-refractivity contribution in [1.29, 1.82) is 0 Å². The van der Waals surface area contributed by atoms with E-state index in [1.807, 2.05) is 20.8 Å². The second kappa shape index (κ2) is 7.15. The van der Waals surface area contributed by atoms with Crippen LogP contribution in [0, 0.1) is 0 Å². The van der Waals surface area contributed by atoms with Crippen LogP contribution in [0.4, 0.5) is 0 Å². The normalized spacial score (nSPS) is 13.1. The molecular formula is C20H21N5O3. The van der Waals surface area contributed by atoms with E-state index in [4.69, 9.17) is 5.73 Å². The van der Waals surface area contributed by atoms with Crippen molar-refractivity contribution in [3.05, 3.63) is 84.5 Å². The first-order valence-electron chi connectivity index (χ1n) is 8.65. The van der Waals surface area contributed by atoms with E-state index >= 15 is 0 Å². The number of hydrogen-bond donors (Lipinski definition) is 4. The second-order valence-corrected chi connectivity index (χ2v) is 7.43. The third kappa shape index (κ3) is 4.01. The van der Waals surface area contributed by atoms with Gasteiger partial charge in [0.1, 0.15) is 10.7 Å². The number of nitrogens with one attached hydrogen (secondary N) is 3. The Morgan fingerprint density at radius 3 is 2.32 bits per heavy atom. The number of nitrogens with zero attached hydrogens (tertiary/aromatic N) is 1. The lowest BCUT2D eigenvalue weighted by Gasteiger charge is -2.16. The summed E-state index contributed by atoms with van der Waals surface area (Å²) in [5.74, 6) is -0.573. The first kappa shape index (κ1) is 19.1. The monoisotopic (exact) mass is 379 g/mol. The van der Waals surface area contributed by atoms with E-state index in [2.05, 4.69) is 19.9 Å². The Labute approximate surface area is 159 Å². The van der Waals surface area contributed by atoms with Gasteiger partial charge in [-0.2, -0.15) is 0 Å². The highest BCUT2D eigenvalue weighted by molar-refractivity contribution is 5.93. The molecule has 144 valence electrons. The Balaban J connectivity index is 2.12. The maximum absolute atomic E-state index is 12.5. The molecule has 0 bridgehead atoms. The van der Waals surface area contributed by atoms with Crippen LogP contribution in [-0.2, 0) is 5.41 Å². The van der Waals surface area contributed by atoms with Crippen molar-refractivity contribution >= 4 is 18.1 Å². The van der Waals surface area contributed by atoms with E-state index < -0.39 is 17.0 Å². The molecule has 0 aliphatic heterocycles. The van der Waals surface area contributed by atoms with Gasteiger partial charge in [-0.25, -0.2) is 4.98 Å². The number of amides is 1. The number of carbonyl (C=O) groups is 1. The SMILES string of the molecule is CC(C)(C)c1[nH]cnc1C=c1[nH]c(=O)c(=Cc2cccc(C(N)=O)c2)[nH]c1=O. The number of aromatic amines is 3. The predicted octanol–water partition coefficient (Wildman–Crippen LogP) is -0.160. The van der Waals surface area contributed by atoms with Gasteiger partial charge in [0.15, 0.2) is 0 Å². The van der Waals surface area contributed by atoms with Crippen LogP contribution in [0.2, 0.25) is 0 Å². The molecule has 0 aliphatic rings. The van der Waals surface area contributed by atoms with Crippen LogP contribution >= 0.6 is 0 Å².